The standard InChI is InChI=1S/C19H17F3N8/c1-11-4-16(29-3-2-12(9-29)13-5-25-26-6-13)28-18(27-11)14-7-24-17-8-23-15(10-30(14)17)19(20,21)22/h4-8,10,12H,2-3,9H2,1H3,(H,25,26). The summed E-state index contributed by atoms with van der Waals surface area (Å²) in [5.74, 6) is 1.41. The van der Waals surface area contributed by atoms with Crippen molar-refractivity contribution in [3.05, 3.63) is 54.0 Å². The molecule has 154 valence electrons. The molecule has 4 aromatic rings. The molecule has 1 fully saturated rings. The van der Waals surface area contributed by atoms with E-state index in [2.05, 4.69) is 35.0 Å². The smallest absolute Gasteiger partial charge is 0.356 e. The second-order valence-electron chi connectivity index (χ2n) is 7.30. The third-order valence-corrected chi connectivity index (χ3v) is 5.26. The minimum absolute atomic E-state index is 0.297. The molecule has 1 N–H and O–H groups in total. The van der Waals surface area contributed by atoms with Crippen LogP contribution in [0.1, 0.15) is 29.3 Å². The highest BCUT2D eigenvalue weighted by molar-refractivity contribution is 5.59. The number of alkyl halides is 3. The zero-order valence-corrected chi connectivity index (χ0v) is 15.9. The number of imidazole rings is 1. The van der Waals surface area contributed by atoms with Crippen molar-refractivity contribution in [1.82, 2.24) is 34.5 Å². The van der Waals surface area contributed by atoms with Crippen LogP contribution in [-0.4, -0.2) is 47.6 Å². The van der Waals surface area contributed by atoms with Crippen LogP contribution in [0.15, 0.2) is 37.1 Å². The molecular formula is C19H17F3N8. The van der Waals surface area contributed by atoms with Crippen molar-refractivity contribution in [2.75, 3.05) is 18.0 Å². The highest BCUT2D eigenvalue weighted by Crippen LogP contribution is 2.31. The van der Waals surface area contributed by atoms with Crippen LogP contribution in [0.25, 0.3) is 17.2 Å². The van der Waals surface area contributed by atoms with Gasteiger partial charge in [0.2, 0.25) is 0 Å². The lowest BCUT2D eigenvalue weighted by atomic mass is 10.0. The van der Waals surface area contributed by atoms with Crippen LogP contribution in [0.2, 0.25) is 0 Å². The van der Waals surface area contributed by atoms with Crippen molar-refractivity contribution in [1.29, 1.82) is 0 Å². The molecule has 0 amide bonds. The molecule has 30 heavy (non-hydrogen) atoms. The van der Waals surface area contributed by atoms with E-state index in [1.807, 2.05) is 25.4 Å². The summed E-state index contributed by atoms with van der Waals surface area (Å²) in [7, 11) is 0. The quantitative estimate of drug-likeness (QED) is 0.554. The predicted octanol–water partition coefficient (Wildman–Crippen LogP) is 3.23. The topological polar surface area (TPSA) is 87.9 Å². The average Bonchev–Trinajstić information content (AvgIpc) is 3.45. The number of aryl methyl sites for hydroxylation is 1. The second kappa shape index (κ2) is 6.78. The monoisotopic (exact) mass is 414 g/mol. The molecule has 0 saturated carbocycles. The first-order valence-corrected chi connectivity index (χ1v) is 9.38. The van der Waals surface area contributed by atoms with Crippen molar-refractivity contribution in [2.24, 2.45) is 0 Å². The molecule has 5 heterocycles. The van der Waals surface area contributed by atoms with E-state index in [1.54, 1.807) is 0 Å². The lowest BCUT2D eigenvalue weighted by Crippen LogP contribution is -2.21. The Morgan fingerprint density at radius 1 is 1.13 bits per heavy atom. The number of rotatable bonds is 3. The minimum atomic E-state index is -4.55. The van der Waals surface area contributed by atoms with Gasteiger partial charge in [0, 0.05) is 43.2 Å². The van der Waals surface area contributed by atoms with Gasteiger partial charge in [0.15, 0.2) is 17.2 Å². The van der Waals surface area contributed by atoms with E-state index in [4.69, 9.17) is 0 Å². The van der Waals surface area contributed by atoms with E-state index in [0.717, 1.165) is 49.0 Å². The molecule has 1 atom stereocenters. The molecule has 5 rings (SSSR count). The lowest BCUT2D eigenvalue weighted by Gasteiger charge is -2.18. The summed E-state index contributed by atoms with van der Waals surface area (Å²) in [6.07, 6.45) is 3.63. The number of halogens is 3. The largest absolute Gasteiger partial charge is 0.434 e. The van der Waals surface area contributed by atoms with Crippen LogP contribution < -0.4 is 4.90 Å². The lowest BCUT2D eigenvalue weighted by molar-refractivity contribution is -0.141. The zero-order valence-electron chi connectivity index (χ0n) is 15.9. The molecule has 0 bridgehead atoms. The van der Waals surface area contributed by atoms with Gasteiger partial charge >= 0.3 is 6.18 Å². The highest BCUT2D eigenvalue weighted by atomic mass is 19.4. The van der Waals surface area contributed by atoms with Crippen molar-refractivity contribution in [3.63, 3.8) is 0 Å². The molecule has 1 saturated heterocycles. The molecule has 0 radical (unpaired) electrons. The van der Waals surface area contributed by atoms with Gasteiger partial charge in [0.1, 0.15) is 11.5 Å². The van der Waals surface area contributed by atoms with E-state index in [1.165, 1.54) is 10.6 Å². The van der Waals surface area contributed by atoms with E-state index in [0.29, 0.717) is 23.1 Å². The van der Waals surface area contributed by atoms with Crippen molar-refractivity contribution in [2.45, 2.75) is 25.4 Å². The Kier molecular flexibility index (Phi) is 4.19. The Morgan fingerprint density at radius 2 is 2.00 bits per heavy atom. The summed E-state index contributed by atoms with van der Waals surface area (Å²) < 4.78 is 40.6. The zero-order chi connectivity index (χ0) is 20.9. The normalized spacial score (nSPS) is 17.2. The number of nitrogens with one attached hydrogen (secondary N) is 1. The number of anilines is 1. The van der Waals surface area contributed by atoms with Gasteiger partial charge in [-0.3, -0.25) is 9.50 Å². The first-order chi connectivity index (χ1) is 14.4. The molecule has 8 nitrogen and oxygen atoms in total. The molecule has 1 aliphatic rings. The molecule has 0 aromatic carbocycles. The average molecular weight is 414 g/mol. The Hall–Kier alpha value is -3.50. The number of aromatic amines is 1. The van der Waals surface area contributed by atoms with Gasteiger partial charge in [-0.1, -0.05) is 0 Å². The third-order valence-electron chi connectivity index (χ3n) is 5.26. The Labute approximate surface area is 168 Å². The van der Waals surface area contributed by atoms with Crippen LogP contribution in [-0.2, 0) is 6.18 Å². The summed E-state index contributed by atoms with van der Waals surface area (Å²) in [6.45, 7) is 3.44. The molecule has 11 heteroatoms. The SMILES string of the molecule is Cc1cc(N2CCC(c3cn[nH]c3)C2)nc(-c2cnc3cnc(C(F)(F)F)cn23)n1. The van der Waals surface area contributed by atoms with Crippen LogP contribution in [0.3, 0.4) is 0 Å². The predicted molar refractivity (Wildman–Crippen MR) is 102 cm³/mol. The van der Waals surface area contributed by atoms with Gasteiger partial charge in [-0.15, -0.1) is 0 Å². The second-order valence-corrected chi connectivity index (χ2v) is 7.30. The fourth-order valence-corrected chi connectivity index (χ4v) is 3.75. The third kappa shape index (κ3) is 3.25. The van der Waals surface area contributed by atoms with Crippen LogP contribution in [0, 0.1) is 6.92 Å². The van der Waals surface area contributed by atoms with Crippen LogP contribution in [0.5, 0.6) is 0 Å². The molecule has 0 aliphatic carbocycles. The van der Waals surface area contributed by atoms with Crippen LogP contribution >= 0.6 is 0 Å². The summed E-state index contributed by atoms with van der Waals surface area (Å²) in [5, 5.41) is 6.86. The van der Waals surface area contributed by atoms with Crippen LogP contribution in [0.4, 0.5) is 19.0 Å². The van der Waals surface area contributed by atoms with E-state index < -0.39 is 11.9 Å². The summed E-state index contributed by atoms with van der Waals surface area (Å²) in [6, 6.07) is 1.88. The van der Waals surface area contributed by atoms with Crippen molar-refractivity contribution < 1.29 is 13.2 Å². The van der Waals surface area contributed by atoms with Gasteiger partial charge in [-0.2, -0.15) is 18.3 Å². The van der Waals surface area contributed by atoms with E-state index >= 15 is 0 Å². The summed E-state index contributed by atoms with van der Waals surface area (Å²) in [5.41, 5.74) is 1.56. The maximum absolute atomic E-state index is 13.1. The van der Waals surface area contributed by atoms with E-state index in [9.17, 15) is 13.2 Å². The fraction of sp³-hybridized carbons (Fsp3) is 0.316. The van der Waals surface area contributed by atoms with Gasteiger partial charge < -0.3 is 4.90 Å². The minimum Gasteiger partial charge on any atom is -0.356 e. The fourth-order valence-electron chi connectivity index (χ4n) is 3.75. The Balaban J connectivity index is 1.51. The molecular weight excluding hydrogens is 397 g/mol. The highest BCUT2D eigenvalue weighted by Gasteiger charge is 2.33. The van der Waals surface area contributed by atoms with Gasteiger partial charge in [0.05, 0.1) is 18.6 Å². The first kappa shape index (κ1) is 18.5. The number of H-pyrrole nitrogens is 1. The molecule has 1 aliphatic heterocycles. The maximum atomic E-state index is 13.1. The number of hydrogen-bond donors (Lipinski definition) is 1. The molecule has 1 unspecified atom stereocenters. The Morgan fingerprint density at radius 3 is 2.77 bits per heavy atom. The summed E-state index contributed by atoms with van der Waals surface area (Å²) in [4.78, 5) is 18.8. The molecule has 4 aromatic heterocycles. The van der Waals surface area contributed by atoms with Gasteiger partial charge in [0.25, 0.3) is 0 Å². The summed E-state index contributed by atoms with van der Waals surface area (Å²) >= 11 is 0. The van der Waals surface area contributed by atoms with Crippen molar-refractivity contribution >= 4 is 11.5 Å². The molecule has 0 spiro atoms. The van der Waals surface area contributed by atoms with Gasteiger partial charge in [-0.05, 0) is 18.9 Å². The first-order valence-electron chi connectivity index (χ1n) is 9.38. The van der Waals surface area contributed by atoms with Gasteiger partial charge in [-0.25, -0.2) is 19.9 Å². The van der Waals surface area contributed by atoms with E-state index in [-0.39, 0.29) is 0 Å². The number of nitrogens with zero attached hydrogens (tertiary/aromatic N) is 7. The maximum Gasteiger partial charge on any atom is 0.434 e. The number of aromatic nitrogens is 7. The van der Waals surface area contributed by atoms with Crippen molar-refractivity contribution in [3.8, 4) is 11.5 Å². The number of fused-ring (bicyclic) bond motifs is 1. The number of hydrogen-bond acceptors (Lipinski definition) is 6. The Bertz CT molecular complexity index is 1200.